The highest BCUT2D eigenvalue weighted by atomic mass is 32.2. The van der Waals surface area contributed by atoms with Gasteiger partial charge in [0.25, 0.3) is 11.8 Å². The molecule has 0 spiro atoms. The number of fused-ring (bicyclic) bond motifs is 1. The van der Waals surface area contributed by atoms with Gasteiger partial charge in [-0.3, -0.25) is 19.3 Å². The summed E-state index contributed by atoms with van der Waals surface area (Å²) in [5, 5.41) is 8.47. The van der Waals surface area contributed by atoms with Gasteiger partial charge < -0.3 is 10.1 Å². The first-order chi connectivity index (χ1) is 25.4. The molecule has 260 valence electrons. The van der Waals surface area contributed by atoms with E-state index in [1.54, 1.807) is 18.5 Å². The number of hydrogen-bond donors (Lipinski definition) is 1. The van der Waals surface area contributed by atoms with Crippen LogP contribution in [0.15, 0.2) is 150 Å². The van der Waals surface area contributed by atoms with Gasteiger partial charge in [-0.25, -0.2) is 9.48 Å². The fourth-order valence-electron chi connectivity index (χ4n) is 6.03. The third-order valence-corrected chi connectivity index (χ3v) is 11.0. The summed E-state index contributed by atoms with van der Waals surface area (Å²) in [6, 6.07) is 37.0. The van der Waals surface area contributed by atoms with Crippen molar-refractivity contribution in [3.63, 3.8) is 0 Å². The monoisotopic (exact) mass is 726 g/mol. The summed E-state index contributed by atoms with van der Waals surface area (Å²) in [5.74, 6) is -1.02. The van der Waals surface area contributed by atoms with Crippen molar-refractivity contribution in [2.75, 3.05) is 5.75 Å². The van der Waals surface area contributed by atoms with Crippen molar-refractivity contribution < 1.29 is 23.9 Å². The van der Waals surface area contributed by atoms with E-state index >= 15 is 0 Å². The van der Waals surface area contributed by atoms with Crippen LogP contribution in [-0.2, 0) is 32.0 Å². The van der Waals surface area contributed by atoms with E-state index in [-0.39, 0.29) is 36.3 Å². The molecular weight excluding hydrogens is 693 g/mol. The summed E-state index contributed by atoms with van der Waals surface area (Å²) in [6.07, 6.45) is 4.71. The van der Waals surface area contributed by atoms with Crippen LogP contribution in [0.25, 0.3) is 6.08 Å². The van der Waals surface area contributed by atoms with Crippen molar-refractivity contribution in [2.45, 2.75) is 30.4 Å². The van der Waals surface area contributed by atoms with Crippen LogP contribution in [0.2, 0.25) is 0 Å². The van der Waals surface area contributed by atoms with Crippen molar-refractivity contribution in [3.05, 3.63) is 178 Å². The topological polar surface area (TPSA) is 111 Å². The molecule has 1 saturated heterocycles. The van der Waals surface area contributed by atoms with Crippen LogP contribution in [0.5, 0.6) is 0 Å². The molecule has 2 atom stereocenters. The quantitative estimate of drug-likeness (QED) is 0.112. The number of rotatable bonds is 12. The third kappa shape index (κ3) is 7.96. The van der Waals surface area contributed by atoms with Gasteiger partial charge >= 0.3 is 5.97 Å². The lowest BCUT2D eigenvalue weighted by molar-refractivity contribution is -0.154. The zero-order valence-electron chi connectivity index (χ0n) is 27.9. The highest BCUT2D eigenvalue weighted by Gasteiger charge is 2.54. The average molecular weight is 727 g/mol. The molecule has 1 aromatic heterocycles. The Labute approximate surface area is 309 Å². The Morgan fingerprint density at radius 3 is 2.04 bits per heavy atom. The molecule has 5 aromatic rings. The number of β-lactam (4-membered cyclic amide) rings is 1. The minimum absolute atomic E-state index is 0.142. The molecule has 1 N–H and O–H groups in total. The number of ether oxygens (including phenoxy) is 1. The smallest absolute Gasteiger partial charge is 0.356 e. The molecule has 0 radical (unpaired) electrons. The zero-order valence-corrected chi connectivity index (χ0v) is 29.5. The second-order valence-corrected chi connectivity index (χ2v) is 14.3. The van der Waals surface area contributed by atoms with E-state index in [0.29, 0.717) is 16.2 Å². The molecule has 52 heavy (non-hydrogen) atoms. The van der Waals surface area contributed by atoms with E-state index in [4.69, 9.17) is 4.74 Å². The number of aromatic nitrogens is 2. The number of benzene rings is 4. The second kappa shape index (κ2) is 16.1. The number of carbonyl (C=O) groups is 4. The van der Waals surface area contributed by atoms with Gasteiger partial charge in [0.1, 0.15) is 17.1 Å². The average Bonchev–Trinajstić information content (AvgIpc) is 3.66. The van der Waals surface area contributed by atoms with Crippen LogP contribution in [0.3, 0.4) is 0 Å². The minimum atomic E-state index is -0.774. The lowest BCUT2D eigenvalue weighted by Crippen LogP contribution is -2.70. The lowest BCUT2D eigenvalue weighted by atomic mass is 10.0. The van der Waals surface area contributed by atoms with Crippen molar-refractivity contribution in [2.24, 2.45) is 0 Å². The SMILES string of the molecule is O=C(Cc1ccccc1)N[C@@H]1C(=O)N2C(C(=O)OC(c3ccccc3)c3ccccc3)=C(S/C=C/c3cnn(C(=O)Cc4ccccc4)c3)CS[C@H]12. The van der Waals surface area contributed by atoms with Crippen molar-refractivity contribution in [1.82, 2.24) is 20.0 Å². The van der Waals surface area contributed by atoms with Gasteiger partial charge in [0.2, 0.25) is 5.91 Å². The molecule has 0 unspecified atom stereocenters. The predicted molar refractivity (Wildman–Crippen MR) is 203 cm³/mol. The number of hydrogen-bond acceptors (Lipinski definition) is 8. The third-order valence-electron chi connectivity index (χ3n) is 8.61. The van der Waals surface area contributed by atoms with Crippen LogP contribution in [0.1, 0.15) is 38.7 Å². The molecule has 1 fully saturated rings. The number of amides is 2. The minimum Gasteiger partial charge on any atom is -0.448 e. The van der Waals surface area contributed by atoms with Crippen molar-refractivity contribution in [3.8, 4) is 0 Å². The highest BCUT2D eigenvalue weighted by Crippen LogP contribution is 2.45. The normalized spacial score (nSPS) is 16.8. The van der Waals surface area contributed by atoms with E-state index < -0.39 is 23.5 Å². The predicted octanol–water partition coefficient (Wildman–Crippen LogP) is 6.66. The van der Waals surface area contributed by atoms with E-state index in [2.05, 4.69) is 10.4 Å². The first-order valence-electron chi connectivity index (χ1n) is 16.7. The molecule has 0 bridgehead atoms. The Hall–Kier alpha value is -5.65. The van der Waals surface area contributed by atoms with Gasteiger partial charge in [0.05, 0.1) is 19.0 Å². The second-order valence-electron chi connectivity index (χ2n) is 12.2. The summed E-state index contributed by atoms with van der Waals surface area (Å²) < 4.78 is 7.57. The van der Waals surface area contributed by atoms with Gasteiger partial charge in [0, 0.05) is 22.4 Å². The zero-order chi connectivity index (χ0) is 35.9. The van der Waals surface area contributed by atoms with Crippen LogP contribution >= 0.6 is 23.5 Å². The summed E-state index contributed by atoms with van der Waals surface area (Å²) in [4.78, 5) is 55.9. The number of carbonyl (C=O) groups excluding carboxylic acids is 4. The first-order valence-corrected chi connectivity index (χ1v) is 18.6. The Morgan fingerprint density at radius 1 is 0.846 bits per heavy atom. The summed E-state index contributed by atoms with van der Waals surface area (Å²) in [5.41, 5.74) is 4.18. The molecule has 2 amide bonds. The Kier molecular flexibility index (Phi) is 10.8. The summed E-state index contributed by atoms with van der Waals surface area (Å²) in [7, 11) is 0. The molecular formula is C41H34N4O5S2. The van der Waals surface area contributed by atoms with Gasteiger partial charge in [-0.1, -0.05) is 133 Å². The first kappa shape index (κ1) is 34.8. The molecule has 7 rings (SSSR count). The molecule has 2 aliphatic heterocycles. The maximum absolute atomic E-state index is 14.3. The fraction of sp³-hybridized carbons (Fsp3) is 0.146. The van der Waals surface area contributed by atoms with Crippen molar-refractivity contribution in [1.29, 1.82) is 0 Å². The number of esters is 1. The maximum Gasteiger partial charge on any atom is 0.356 e. The summed E-state index contributed by atoms with van der Waals surface area (Å²) in [6.45, 7) is 0. The maximum atomic E-state index is 14.3. The molecule has 9 nitrogen and oxygen atoms in total. The molecule has 11 heteroatoms. The summed E-state index contributed by atoms with van der Waals surface area (Å²) >= 11 is 2.78. The van der Waals surface area contributed by atoms with E-state index in [9.17, 15) is 19.2 Å². The fourth-order valence-corrected chi connectivity index (χ4v) is 8.38. The van der Waals surface area contributed by atoms with Gasteiger partial charge in [-0.2, -0.15) is 5.10 Å². The Morgan fingerprint density at radius 2 is 1.42 bits per heavy atom. The lowest BCUT2D eigenvalue weighted by Gasteiger charge is -2.49. The number of nitrogens with one attached hydrogen (secondary N) is 1. The standard InChI is InChI=1S/C41H34N4O5S2/c46-34(23-28-13-5-1-6-14-28)43-36-39(48)45-37(41(49)50-38(31-17-9-3-10-18-31)32-19-11-4-12-20-32)33(27-52-40(36)45)51-22-21-30-25-42-44(26-30)35(47)24-29-15-7-2-8-16-29/h1-22,25-26,36,38,40H,23-24,27H2,(H,43,46)/b22-21+/t36-,40-/m1/s1. The number of thioether (sulfide) groups is 2. The largest absolute Gasteiger partial charge is 0.448 e. The van der Waals surface area contributed by atoms with Crippen LogP contribution in [0, 0.1) is 0 Å². The van der Waals surface area contributed by atoms with Crippen LogP contribution in [-0.4, -0.2) is 55.5 Å². The Balaban J connectivity index is 1.12. The van der Waals surface area contributed by atoms with E-state index in [1.165, 1.54) is 33.1 Å². The molecule has 3 heterocycles. The molecule has 0 aliphatic carbocycles. The molecule has 0 saturated carbocycles. The highest BCUT2D eigenvalue weighted by molar-refractivity contribution is 8.08. The Bertz CT molecular complexity index is 2080. The van der Waals surface area contributed by atoms with Gasteiger partial charge in [-0.15, -0.1) is 11.8 Å². The molecule has 2 aliphatic rings. The van der Waals surface area contributed by atoms with Gasteiger partial charge in [0.15, 0.2) is 6.10 Å². The van der Waals surface area contributed by atoms with Crippen molar-refractivity contribution >= 4 is 53.3 Å². The molecule has 4 aromatic carbocycles. The van der Waals surface area contributed by atoms with Crippen LogP contribution in [0.4, 0.5) is 0 Å². The van der Waals surface area contributed by atoms with E-state index in [1.807, 2.05) is 127 Å². The van der Waals surface area contributed by atoms with E-state index in [0.717, 1.165) is 22.3 Å². The van der Waals surface area contributed by atoms with Crippen LogP contribution < -0.4 is 5.32 Å². The van der Waals surface area contributed by atoms with Gasteiger partial charge in [-0.05, 0) is 33.7 Å². The number of nitrogens with zero attached hydrogens (tertiary/aromatic N) is 3.